The highest BCUT2D eigenvalue weighted by atomic mass is 19.4. The van der Waals surface area contributed by atoms with Crippen LogP contribution in [0.2, 0.25) is 0 Å². The molecule has 1 aromatic carbocycles. The summed E-state index contributed by atoms with van der Waals surface area (Å²) in [6.45, 7) is 4.00. The first-order chi connectivity index (χ1) is 14.3. The molecule has 0 aromatic heterocycles. The van der Waals surface area contributed by atoms with E-state index in [0.29, 0.717) is 44.6 Å². The van der Waals surface area contributed by atoms with Gasteiger partial charge in [-0.15, -0.1) is 0 Å². The van der Waals surface area contributed by atoms with E-state index in [2.05, 4.69) is 4.90 Å². The number of anilines is 1. The molecule has 2 fully saturated rings. The fourth-order valence-electron chi connectivity index (χ4n) is 4.65. The van der Waals surface area contributed by atoms with Crippen LogP contribution in [0.1, 0.15) is 24.8 Å². The number of fused-ring (bicyclic) bond motifs is 1. The van der Waals surface area contributed by atoms with Gasteiger partial charge in [0.05, 0.1) is 17.4 Å². The van der Waals surface area contributed by atoms with E-state index in [9.17, 15) is 22.8 Å². The Balaban J connectivity index is 1.24. The molecule has 8 heteroatoms. The van der Waals surface area contributed by atoms with Gasteiger partial charge >= 0.3 is 6.18 Å². The van der Waals surface area contributed by atoms with Gasteiger partial charge in [0.15, 0.2) is 0 Å². The predicted octanol–water partition coefficient (Wildman–Crippen LogP) is 3.17. The molecule has 1 aromatic rings. The van der Waals surface area contributed by atoms with Crippen LogP contribution >= 0.6 is 0 Å². The fourth-order valence-corrected chi connectivity index (χ4v) is 4.65. The number of alkyl halides is 3. The summed E-state index contributed by atoms with van der Waals surface area (Å²) < 4.78 is 38.8. The summed E-state index contributed by atoms with van der Waals surface area (Å²) in [6, 6.07) is 5.45. The molecule has 3 aliphatic rings. The van der Waals surface area contributed by atoms with Crippen molar-refractivity contribution in [3.05, 3.63) is 42.0 Å². The topological polar surface area (TPSA) is 43.9 Å². The van der Waals surface area contributed by atoms with Gasteiger partial charge in [0.25, 0.3) is 0 Å². The number of rotatable bonds is 5. The van der Waals surface area contributed by atoms with Crippen LogP contribution in [0, 0.1) is 11.8 Å². The zero-order valence-corrected chi connectivity index (χ0v) is 16.8. The average molecular weight is 421 g/mol. The zero-order valence-electron chi connectivity index (χ0n) is 16.8. The molecule has 2 saturated heterocycles. The number of hydrogen-bond donors (Lipinski definition) is 0. The van der Waals surface area contributed by atoms with Gasteiger partial charge in [-0.25, -0.2) is 0 Å². The molecule has 0 N–H and O–H groups in total. The summed E-state index contributed by atoms with van der Waals surface area (Å²) >= 11 is 0. The molecule has 5 nitrogen and oxygen atoms in total. The third kappa shape index (κ3) is 4.24. The number of likely N-dealkylation sites (tertiary alicyclic amines) is 1. The average Bonchev–Trinajstić information content (AvgIpc) is 2.99. The van der Waals surface area contributed by atoms with E-state index in [1.165, 1.54) is 17.0 Å². The van der Waals surface area contributed by atoms with Gasteiger partial charge in [0.1, 0.15) is 0 Å². The maximum atomic E-state index is 12.9. The lowest BCUT2D eigenvalue weighted by Crippen LogP contribution is -2.47. The Morgan fingerprint density at radius 1 is 0.900 bits per heavy atom. The zero-order chi connectivity index (χ0) is 21.3. The summed E-state index contributed by atoms with van der Waals surface area (Å²) in [4.78, 5) is 30.6. The standard InChI is InChI=1S/C22H26F3N3O2/c23-22(24,25)16-5-3-6-17(15-16)27-13-11-26(12-14-27)9-4-10-28-20(29)18-7-1-2-8-19(18)21(28)30/h1-3,5-6,15,18-19H,4,7-14H2. The minimum atomic E-state index is -4.34. The van der Waals surface area contributed by atoms with Crippen molar-refractivity contribution in [3.8, 4) is 0 Å². The minimum absolute atomic E-state index is 0.0382. The second-order valence-electron chi connectivity index (χ2n) is 8.21. The first-order valence-corrected chi connectivity index (χ1v) is 10.5. The maximum Gasteiger partial charge on any atom is 0.416 e. The van der Waals surface area contributed by atoms with Gasteiger partial charge in [0, 0.05) is 38.4 Å². The predicted molar refractivity (Wildman–Crippen MR) is 107 cm³/mol. The van der Waals surface area contributed by atoms with E-state index >= 15 is 0 Å². The summed E-state index contributed by atoms with van der Waals surface area (Å²) in [6.07, 6.45) is 1.66. The van der Waals surface area contributed by atoms with Crippen LogP contribution in [0.25, 0.3) is 0 Å². The van der Waals surface area contributed by atoms with E-state index in [1.807, 2.05) is 17.1 Å². The molecule has 4 rings (SSSR count). The number of piperazine rings is 1. The third-order valence-electron chi connectivity index (χ3n) is 6.37. The Kier molecular flexibility index (Phi) is 5.86. The van der Waals surface area contributed by atoms with E-state index in [0.717, 1.165) is 25.7 Å². The Morgan fingerprint density at radius 2 is 1.53 bits per heavy atom. The third-order valence-corrected chi connectivity index (χ3v) is 6.37. The largest absolute Gasteiger partial charge is 0.416 e. The molecule has 2 aliphatic heterocycles. The number of benzene rings is 1. The Bertz CT molecular complexity index is 805. The molecular weight excluding hydrogens is 395 g/mol. The van der Waals surface area contributed by atoms with E-state index in [-0.39, 0.29) is 23.7 Å². The van der Waals surface area contributed by atoms with Crippen LogP contribution in [0.4, 0.5) is 18.9 Å². The van der Waals surface area contributed by atoms with E-state index in [1.54, 1.807) is 6.07 Å². The second kappa shape index (κ2) is 8.41. The van der Waals surface area contributed by atoms with Gasteiger partial charge in [0.2, 0.25) is 11.8 Å². The van der Waals surface area contributed by atoms with Crippen molar-refractivity contribution < 1.29 is 22.8 Å². The van der Waals surface area contributed by atoms with Crippen LogP contribution in [-0.2, 0) is 15.8 Å². The van der Waals surface area contributed by atoms with Crippen molar-refractivity contribution in [1.82, 2.24) is 9.80 Å². The number of halogens is 3. The highest BCUT2D eigenvalue weighted by Crippen LogP contribution is 2.35. The molecule has 2 atom stereocenters. The normalized spacial score (nSPS) is 25.2. The maximum absolute atomic E-state index is 12.9. The number of carbonyl (C=O) groups is 2. The highest BCUT2D eigenvalue weighted by Gasteiger charge is 2.46. The molecule has 1 aliphatic carbocycles. The number of hydrogen-bond acceptors (Lipinski definition) is 4. The van der Waals surface area contributed by atoms with Crippen molar-refractivity contribution in [1.29, 1.82) is 0 Å². The van der Waals surface area contributed by atoms with Crippen molar-refractivity contribution in [2.24, 2.45) is 11.8 Å². The molecule has 0 saturated carbocycles. The van der Waals surface area contributed by atoms with Crippen molar-refractivity contribution in [2.45, 2.75) is 25.4 Å². The van der Waals surface area contributed by atoms with Crippen molar-refractivity contribution in [3.63, 3.8) is 0 Å². The molecule has 162 valence electrons. The summed E-state index contributed by atoms with van der Waals surface area (Å²) in [7, 11) is 0. The quantitative estimate of drug-likeness (QED) is 0.541. The smallest absolute Gasteiger partial charge is 0.369 e. The molecule has 2 unspecified atom stereocenters. The monoisotopic (exact) mass is 421 g/mol. The molecule has 2 amide bonds. The van der Waals surface area contributed by atoms with Crippen LogP contribution in [0.15, 0.2) is 36.4 Å². The Hall–Kier alpha value is -2.35. The van der Waals surface area contributed by atoms with E-state index < -0.39 is 11.7 Å². The molecule has 0 bridgehead atoms. The SMILES string of the molecule is O=C1C2CC=CCC2C(=O)N1CCCN1CCN(c2cccc(C(F)(F)F)c2)CC1. The lowest BCUT2D eigenvalue weighted by atomic mass is 9.85. The van der Waals surface area contributed by atoms with Gasteiger partial charge in [-0.3, -0.25) is 19.4 Å². The number of allylic oxidation sites excluding steroid dienone is 2. The molecule has 30 heavy (non-hydrogen) atoms. The Morgan fingerprint density at radius 3 is 2.13 bits per heavy atom. The second-order valence-corrected chi connectivity index (χ2v) is 8.21. The van der Waals surface area contributed by atoms with E-state index in [4.69, 9.17) is 0 Å². The summed E-state index contributed by atoms with van der Waals surface area (Å²) in [5, 5.41) is 0. The lowest BCUT2D eigenvalue weighted by Gasteiger charge is -2.36. The number of carbonyl (C=O) groups excluding carboxylic acids is 2. The number of amides is 2. The molecular formula is C22H26F3N3O2. The molecule has 0 radical (unpaired) electrons. The highest BCUT2D eigenvalue weighted by molar-refractivity contribution is 6.05. The van der Waals surface area contributed by atoms with Crippen molar-refractivity contribution in [2.75, 3.05) is 44.2 Å². The lowest BCUT2D eigenvalue weighted by molar-refractivity contribution is -0.140. The van der Waals surface area contributed by atoms with Crippen LogP contribution in [0.5, 0.6) is 0 Å². The van der Waals surface area contributed by atoms with Gasteiger partial charge < -0.3 is 4.90 Å². The van der Waals surface area contributed by atoms with Crippen LogP contribution < -0.4 is 4.90 Å². The summed E-state index contributed by atoms with van der Waals surface area (Å²) in [5.74, 6) is -0.440. The van der Waals surface area contributed by atoms with Crippen LogP contribution in [0.3, 0.4) is 0 Å². The molecule has 0 spiro atoms. The number of nitrogens with zero attached hydrogens (tertiary/aromatic N) is 3. The number of imide groups is 1. The van der Waals surface area contributed by atoms with Gasteiger partial charge in [-0.05, 0) is 44.0 Å². The Labute approximate surface area is 174 Å². The summed E-state index contributed by atoms with van der Waals surface area (Å²) in [5.41, 5.74) is -0.0351. The van der Waals surface area contributed by atoms with Gasteiger partial charge in [-0.2, -0.15) is 13.2 Å². The van der Waals surface area contributed by atoms with Gasteiger partial charge in [-0.1, -0.05) is 18.2 Å². The minimum Gasteiger partial charge on any atom is -0.369 e. The first kappa shape index (κ1) is 20.9. The van der Waals surface area contributed by atoms with Crippen LogP contribution in [-0.4, -0.2) is 60.9 Å². The molecule has 2 heterocycles. The van der Waals surface area contributed by atoms with Crippen molar-refractivity contribution >= 4 is 17.5 Å². The fraction of sp³-hybridized carbons (Fsp3) is 0.545. The first-order valence-electron chi connectivity index (χ1n) is 10.5.